The molecule has 3 aliphatic rings. The standard InChI is InChI=1S/C24H25ClN6OS/c1-26-18-11-19(20-3-2-16-10-15(25)12-28-31(16)20)27-13-17(18)21-29-30-22(33-21)24-7-4-23(14-32,5-8-24)6-9-24/h2-3,10-13,32H,4-9,14H2,1H3,(H,26,27). The zero-order chi connectivity index (χ0) is 22.6. The highest BCUT2D eigenvalue weighted by molar-refractivity contribution is 7.14. The molecular formula is C24H25ClN6OS. The first kappa shape index (κ1) is 21.0. The van der Waals surface area contributed by atoms with Gasteiger partial charge in [-0.3, -0.25) is 4.98 Å². The second-order valence-corrected chi connectivity index (χ2v) is 10.9. The van der Waals surface area contributed by atoms with Crippen LogP contribution >= 0.6 is 22.9 Å². The quantitative estimate of drug-likeness (QED) is 0.408. The Kier molecular flexibility index (Phi) is 4.94. The highest BCUT2D eigenvalue weighted by Gasteiger charge is 2.50. The molecule has 0 amide bonds. The maximum atomic E-state index is 9.84. The van der Waals surface area contributed by atoms with Crippen molar-refractivity contribution in [2.75, 3.05) is 19.0 Å². The number of aliphatic hydroxyl groups excluding tert-OH is 1. The van der Waals surface area contributed by atoms with Crippen molar-refractivity contribution in [1.82, 2.24) is 24.8 Å². The van der Waals surface area contributed by atoms with Crippen LogP contribution in [0.25, 0.3) is 27.5 Å². The molecule has 2 N–H and O–H groups in total. The Morgan fingerprint density at radius 1 is 1.09 bits per heavy atom. The summed E-state index contributed by atoms with van der Waals surface area (Å²) in [5.41, 5.74) is 4.83. The fourth-order valence-electron chi connectivity index (χ4n) is 5.51. The van der Waals surface area contributed by atoms with Crippen LogP contribution < -0.4 is 5.32 Å². The largest absolute Gasteiger partial charge is 0.396 e. The smallest absolute Gasteiger partial charge is 0.151 e. The van der Waals surface area contributed by atoms with Crippen molar-refractivity contribution in [2.24, 2.45) is 5.41 Å². The normalized spacial score (nSPS) is 24.5. The van der Waals surface area contributed by atoms with E-state index in [0.29, 0.717) is 11.6 Å². The molecule has 0 atom stereocenters. The molecule has 0 aliphatic heterocycles. The molecule has 0 spiro atoms. The highest BCUT2D eigenvalue weighted by Crippen LogP contribution is 2.58. The minimum absolute atomic E-state index is 0.123. The van der Waals surface area contributed by atoms with Gasteiger partial charge in [0.25, 0.3) is 0 Å². The topological polar surface area (TPSA) is 88.2 Å². The molecular weight excluding hydrogens is 456 g/mol. The maximum Gasteiger partial charge on any atom is 0.151 e. The van der Waals surface area contributed by atoms with Crippen molar-refractivity contribution in [3.05, 3.63) is 46.7 Å². The van der Waals surface area contributed by atoms with E-state index in [1.54, 1.807) is 17.5 Å². The summed E-state index contributed by atoms with van der Waals surface area (Å²) in [6.45, 7) is 0.313. The summed E-state index contributed by atoms with van der Waals surface area (Å²) in [5.74, 6) is 0. The van der Waals surface area contributed by atoms with Gasteiger partial charge < -0.3 is 10.4 Å². The number of nitrogens with one attached hydrogen (secondary N) is 1. The third-order valence-electron chi connectivity index (χ3n) is 7.75. The summed E-state index contributed by atoms with van der Waals surface area (Å²) in [7, 11) is 1.91. The number of nitrogens with zero attached hydrogens (tertiary/aromatic N) is 5. The third kappa shape index (κ3) is 3.34. The van der Waals surface area contributed by atoms with Crippen LogP contribution in [0, 0.1) is 5.41 Å². The van der Waals surface area contributed by atoms with Crippen molar-refractivity contribution in [2.45, 2.75) is 43.9 Å². The summed E-state index contributed by atoms with van der Waals surface area (Å²) in [5, 5.41) is 29.4. The van der Waals surface area contributed by atoms with Crippen molar-refractivity contribution in [3.8, 4) is 22.0 Å². The van der Waals surface area contributed by atoms with E-state index in [1.807, 2.05) is 42.0 Å². The monoisotopic (exact) mass is 480 g/mol. The summed E-state index contributed by atoms with van der Waals surface area (Å²) >= 11 is 7.77. The summed E-state index contributed by atoms with van der Waals surface area (Å²) in [4.78, 5) is 4.74. The van der Waals surface area contributed by atoms with Crippen LogP contribution in [0.5, 0.6) is 0 Å². The van der Waals surface area contributed by atoms with Gasteiger partial charge in [-0.25, -0.2) is 4.52 Å². The second-order valence-electron chi connectivity index (χ2n) is 9.44. The molecule has 9 heteroatoms. The lowest BCUT2D eigenvalue weighted by Gasteiger charge is -2.51. The molecule has 170 valence electrons. The van der Waals surface area contributed by atoms with Gasteiger partial charge in [-0.2, -0.15) is 5.10 Å². The predicted octanol–water partition coefficient (Wildman–Crippen LogP) is 5.19. The SMILES string of the molecule is CNc1cc(-c2ccc3cc(Cl)cnn23)ncc1-c1nnc(C23CCC(CO)(CC2)CC3)s1. The number of aromatic nitrogens is 5. The Balaban J connectivity index is 1.33. The lowest BCUT2D eigenvalue weighted by atomic mass is 9.54. The Morgan fingerprint density at radius 2 is 1.88 bits per heavy atom. The van der Waals surface area contributed by atoms with Gasteiger partial charge >= 0.3 is 0 Å². The third-order valence-corrected chi connectivity index (χ3v) is 9.16. The van der Waals surface area contributed by atoms with Gasteiger partial charge in [0, 0.05) is 31.0 Å². The first-order chi connectivity index (χ1) is 16.0. The van der Waals surface area contributed by atoms with E-state index in [9.17, 15) is 5.11 Å². The van der Waals surface area contributed by atoms with E-state index in [0.717, 1.165) is 76.7 Å². The van der Waals surface area contributed by atoms with Crippen molar-refractivity contribution < 1.29 is 5.11 Å². The van der Waals surface area contributed by atoms with Crippen molar-refractivity contribution in [1.29, 1.82) is 0 Å². The fraction of sp³-hybridized carbons (Fsp3) is 0.417. The van der Waals surface area contributed by atoms with Crippen LogP contribution in [0.15, 0.2) is 36.7 Å². The number of halogens is 1. The van der Waals surface area contributed by atoms with Gasteiger partial charge in [-0.1, -0.05) is 22.9 Å². The molecule has 0 aromatic carbocycles. The van der Waals surface area contributed by atoms with E-state index >= 15 is 0 Å². The molecule has 4 heterocycles. The average molecular weight is 481 g/mol. The number of fused-ring (bicyclic) bond motifs is 4. The number of pyridine rings is 1. The zero-order valence-corrected chi connectivity index (χ0v) is 20.0. The molecule has 0 radical (unpaired) electrons. The number of anilines is 1. The molecule has 3 saturated carbocycles. The molecule has 3 aliphatic carbocycles. The minimum atomic E-state index is 0.123. The van der Waals surface area contributed by atoms with Gasteiger partial charge in [0.1, 0.15) is 5.01 Å². The molecule has 33 heavy (non-hydrogen) atoms. The van der Waals surface area contributed by atoms with Crippen molar-refractivity contribution >= 4 is 34.1 Å². The molecule has 3 fully saturated rings. The van der Waals surface area contributed by atoms with Gasteiger partial charge in [0.15, 0.2) is 5.01 Å². The molecule has 4 aromatic heterocycles. The van der Waals surface area contributed by atoms with Crippen LogP contribution in [-0.2, 0) is 5.41 Å². The van der Waals surface area contributed by atoms with Gasteiger partial charge in [0.05, 0.1) is 33.7 Å². The maximum absolute atomic E-state index is 9.84. The van der Waals surface area contributed by atoms with Gasteiger partial charge in [-0.05, 0) is 68.2 Å². The first-order valence-electron chi connectivity index (χ1n) is 11.3. The van der Waals surface area contributed by atoms with E-state index in [1.165, 1.54) is 0 Å². The van der Waals surface area contributed by atoms with Crippen LogP contribution in [0.3, 0.4) is 0 Å². The van der Waals surface area contributed by atoms with Gasteiger partial charge in [0.2, 0.25) is 0 Å². The average Bonchev–Trinajstić information content (AvgIpc) is 3.52. The lowest BCUT2D eigenvalue weighted by molar-refractivity contribution is -0.00713. The Labute approximate surface area is 200 Å². The van der Waals surface area contributed by atoms with Crippen LogP contribution in [0.2, 0.25) is 5.02 Å². The molecule has 7 nitrogen and oxygen atoms in total. The van der Waals surface area contributed by atoms with Crippen LogP contribution in [0.1, 0.15) is 43.5 Å². The molecule has 2 bridgehead atoms. The highest BCUT2D eigenvalue weighted by atomic mass is 35.5. The summed E-state index contributed by atoms with van der Waals surface area (Å²) in [6, 6.07) is 7.90. The number of aliphatic hydroxyl groups is 1. The van der Waals surface area contributed by atoms with Crippen LogP contribution in [-0.4, -0.2) is 43.6 Å². The molecule has 7 rings (SSSR count). The van der Waals surface area contributed by atoms with E-state index < -0.39 is 0 Å². The molecule has 0 unspecified atom stereocenters. The number of rotatable bonds is 5. The lowest BCUT2D eigenvalue weighted by Crippen LogP contribution is -2.45. The summed E-state index contributed by atoms with van der Waals surface area (Å²) in [6.07, 6.45) is 10.0. The second kappa shape index (κ2) is 7.75. The number of hydrogen-bond acceptors (Lipinski definition) is 7. The van der Waals surface area contributed by atoms with E-state index in [-0.39, 0.29) is 10.8 Å². The fourth-order valence-corrected chi connectivity index (χ4v) is 6.81. The first-order valence-corrected chi connectivity index (χ1v) is 12.5. The molecule has 4 aromatic rings. The minimum Gasteiger partial charge on any atom is -0.396 e. The van der Waals surface area contributed by atoms with Crippen molar-refractivity contribution in [3.63, 3.8) is 0 Å². The predicted molar refractivity (Wildman–Crippen MR) is 131 cm³/mol. The van der Waals surface area contributed by atoms with E-state index in [2.05, 4.69) is 20.6 Å². The molecule has 0 saturated heterocycles. The van der Waals surface area contributed by atoms with Gasteiger partial charge in [-0.15, -0.1) is 10.2 Å². The van der Waals surface area contributed by atoms with E-state index in [4.69, 9.17) is 16.6 Å². The Morgan fingerprint density at radius 3 is 2.61 bits per heavy atom. The zero-order valence-electron chi connectivity index (χ0n) is 18.4. The Bertz CT molecular complexity index is 1320. The summed E-state index contributed by atoms with van der Waals surface area (Å²) < 4.78 is 1.84. The Hall–Kier alpha value is -2.55. The number of hydrogen-bond donors (Lipinski definition) is 2. The van der Waals surface area contributed by atoms with Crippen LogP contribution in [0.4, 0.5) is 5.69 Å².